The van der Waals surface area contributed by atoms with Gasteiger partial charge in [0.15, 0.2) is 5.13 Å². The fraction of sp³-hybridized carbons (Fsp3) is 0.308. The second kappa shape index (κ2) is 3.47. The van der Waals surface area contributed by atoms with Gasteiger partial charge in [0.25, 0.3) is 0 Å². The van der Waals surface area contributed by atoms with Crippen molar-refractivity contribution in [3.05, 3.63) is 29.1 Å². The number of nitrogens with two attached hydrogens (primary N) is 1. The lowest BCUT2D eigenvalue weighted by Crippen LogP contribution is -2.18. The van der Waals surface area contributed by atoms with Crippen molar-refractivity contribution < 1.29 is 4.74 Å². The third-order valence-corrected chi connectivity index (χ3v) is 3.79. The van der Waals surface area contributed by atoms with Crippen molar-refractivity contribution in [1.82, 2.24) is 4.98 Å². The predicted octanol–water partition coefficient (Wildman–Crippen LogP) is 3.06. The average Bonchev–Trinajstić information content (AvgIpc) is 2.84. The first-order valence-corrected chi connectivity index (χ1v) is 6.43. The summed E-state index contributed by atoms with van der Waals surface area (Å²) in [6.07, 6.45) is 0. The number of rotatable bonds is 1. The molecule has 0 bridgehead atoms. The van der Waals surface area contributed by atoms with Crippen LogP contribution in [0.2, 0.25) is 0 Å². The molecule has 17 heavy (non-hydrogen) atoms. The molecule has 0 radical (unpaired) electrons. The number of hydrogen-bond acceptors (Lipinski definition) is 4. The molecule has 0 saturated carbocycles. The second-order valence-corrected chi connectivity index (χ2v) is 5.84. The van der Waals surface area contributed by atoms with Crippen molar-refractivity contribution in [2.45, 2.75) is 19.3 Å². The van der Waals surface area contributed by atoms with E-state index in [2.05, 4.69) is 24.9 Å². The number of ether oxygens (including phenoxy) is 1. The second-order valence-electron chi connectivity index (χ2n) is 4.95. The molecule has 2 heterocycles. The van der Waals surface area contributed by atoms with Gasteiger partial charge in [0.1, 0.15) is 5.75 Å². The number of anilines is 1. The number of aromatic nitrogens is 1. The molecule has 0 saturated heterocycles. The number of nitrogens with zero attached hydrogens (tertiary/aromatic N) is 1. The Morgan fingerprint density at radius 3 is 2.94 bits per heavy atom. The Hall–Kier alpha value is -1.55. The van der Waals surface area contributed by atoms with Crippen LogP contribution in [0, 0.1) is 0 Å². The summed E-state index contributed by atoms with van der Waals surface area (Å²) in [4.78, 5) is 4.31. The highest BCUT2D eigenvalue weighted by Crippen LogP contribution is 2.40. The van der Waals surface area contributed by atoms with Gasteiger partial charge in [-0.3, -0.25) is 0 Å². The highest BCUT2D eigenvalue weighted by Gasteiger charge is 2.31. The van der Waals surface area contributed by atoms with Crippen LogP contribution in [0.25, 0.3) is 11.3 Å². The van der Waals surface area contributed by atoms with Crippen LogP contribution in [-0.2, 0) is 5.41 Å². The molecule has 1 aromatic carbocycles. The Balaban J connectivity index is 2.10. The lowest BCUT2D eigenvalue weighted by molar-refractivity contribution is 0.291. The van der Waals surface area contributed by atoms with Crippen molar-refractivity contribution >= 4 is 16.5 Å². The van der Waals surface area contributed by atoms with Gasteiger partial charge in [0.05, 0.1) is 12.3 Å². The number of benzene rings is 1. The van der Waals surface area contributed by atoms with Crippen LogP contribution in [0.4, 0.5) is 5.13 Å². The zero-order valence-corrected chi connectivity index (χ0v) is 10.7. The highest BCUT2D eigenvalue weighted by molar-refractivity contribution is 7.13. The quantitative estimate of drug-likeness (QED) is 0.841. The lowest BCUT2D eigenvalue weighted by atomic mass is 9.86. The Morgan fingerprint density at radius 2 is 2.24 bits per heavy atom. The van der Waals surface area contributed by atoms with E-state index in [1.807, 2.05) is 17.5 Å². The summed E-state index contributed by atoms with van der Waals surface area (Å²) in [6, 6.07) is 6.22. The molecule has 3 rings (SSSR count). The van der Waals surface area contributed by atoms with E-state index in [1.54, 1.807) is 0 Å². The van der Waals surface area contributed by atoms with Crippen molar-refractivity contribution in [2.24, 2.45) is 0 Å². The Kier molecular flexibility index (Phi) is 2.16. The van der Waals surface area contributed by atoms with E-state index in [0.29, 0.717) is 5.13 Å². The van der Waals surface area contributed by atoms with Gasteiger partial charge in [-0.05, 0) is 18.2 Å². The van der Waals surface area contributed by atoms with Crippen LogP contribution < -0.4 is 10.5 Å². The van der Waals surface area contributed by atoms with Crippen molar-refractivity contribution in [2.75, 3.05) is 12.3 Å². The van der Waals surface area contributed by atoms with E-state index in [0.717, 1.165) is 23.6 Å². The minimum absolute atomic E-state index is 0.0763. The van der Waals surface area contributed by atoms with E-state index in [1.165, 1.54) is 16.9 Å². The zero-order chi connectivity index (χ0) is 12.0. The Morgan fingerprint density at radius 1 is 1.41 bits per heavy atom. The SMILES string of the molecule is CC1(C)COc2ccc(-c3csc(N)n3)cc21. The Labute approximate surface area is 104 Å². The first-order valence-electron chi connectivity index (χ1n) is 5.55. The fourth-order valence-corrected chi connectivity index (χ4v) is 2.67. The number of thiazole rings is 1. The molecule has 0 amide bonds. The summed E-state index contributed by atoms with van der Waals surface area (Å²) >= 11 is 1.47. The fourth-order valence-electron chi connectivity index (χ4n) is 2.10. The van der Waals surface area contributed by atoms with Crippen molar-refractivity contribution in [3.8, 4) is 17.0 Å². The van der Waals surface area contributed by atoms with Gasteiger partial charge in [0.2, 0.25) is 0 Å². The molecule has 1 aliphatic heterocycles. The van der Waals surface area contributed by atoms with Gasteiger partial charge < -0.3 is 10.5 Å². The van der Waals surface area contributed by atoms with Gasteiger partial charge >= 0.3 is 0 Å². The van der Waals surface area contributed by atoms with Crippen LogP contribution in [-0.4, -0.2) is 11.6 Å². The number of hydrogen-bond donors (Lipinski definition) is 1. The third-order valence-electron chi connectivity index (χ3n) is 3.11. The smallest absolute Gasteiger partial charge is 0.180 e. The summed E-state index contributed by atoms with van der Waals surface area (Å²) < 4.78 is 5.67. The molecule has 1 aromatic heterocycles. The van der Waals surface area contributed by atoms with Gasteiger partial charge in [0, 0.05) is 21.9 Å². The van der Waals surface area contributed by atoms with Crippen LogP contribution in [0.1, 0.15) is 19.4 Å². The maximum Gasteiger partial charge on any atom is 0.180 e. The van der Waals surface area contributed by atoms with Crippen molar-refractivity contribution in [3.63, 3.8) is 0 Å². The summed E-state index contributed by atoms with van der Waals surface area (Å²) in [5.41, 5.74) is 9.04. The zero-order valence-electron chi connectivity index (χ0n) is 9.86. The van der Waals surface area contributed by atoms with Gasteiger partial charge in [-0.15, -0.1) is 11.3 Å². The summed E-state index contributed by atoms with van der Waals surface area (Å²) in [7, 11) is 0. The molecule has 0 spiro atoms. The molecule has 4 heteroatoms. The molecular weight excluding hydrogens is 232 g/mol. The number of fused-ring (bicyclic) bond motifs is 1. The Bertz CT molecular complexity index is 575. The van der Waals surface area contributed by atoms with E-state index in [9.17, 15) is 0 Å². The minimum Gasteiger partial charge on any atom is -0.492 e. The van der Waals surface area contributed by atoms with E-state index in [4.69, 9.17) is 10.5 Å². The van der Waals surface area contributed by atoms with E-state index >= 15 is 0 Å². The first kappa shape index (κ1) is 10.6. The molecule has 2 aromatic rings. The molecule has 1 aliphatic rings. The molecule has 0 aliphatic carbocycles. The van der Waals surface area contributed by atoms with Gasteiger partial charge in [-0.25, -0.2) is 4.98 Å². The molecular formula is C13H14N2OS. The molecule has 0 atom stereocenters. The van der Waals surface area contributed by atoms with Gasteiger partial charge in [-0.1, -0.05) is 13.8 Å². The molecule has 0 fully saturated rings. The maximum absolute atomic E-state index is 5.67. The normalized spacial score (nSPS) is 16.6. The van der Waals surface area contributed by atoms with Crippen LogP contribution >= 0.6 is 11.3 Å². The topological polar surface area (TPSA) is 48.1 Å². The highest BCUT2D eigenvalue weighted by atomic mass is 32.1. The predicted molar refractivity (Wildman–Crippen MR) is 70.5 cm³/mol. The molecule has 0 unspecified atom stereocenters. The molecule has 2 N–H and O–H groups in total. The van der Waals surface area contributed by atoms with Crippen LogP contribution in [0.15, 0.2) is 23.6 Å². The largest absolute Gasteiger partial charge is 0.492 e. The average molecular weight is 246 g/mol. The summed E-state index contributed by atoms with van der Waals surface area (Å²) in [5, 5.41) is 2.59. The lowest BCUT2D eigenvalue weighted by Gasteiger charge is -2.15. The van der Waals surface area contributed by atoms with Crippen LogP contribution in [0.5, 0.6) is 5.75 Å². The first-order chi connectivity index (χ1) is 8.06. The molecule has 88 valence electrons. The number of nitrogen functional groups attached to an aromatic ring is 1. The summed E-state index contributed by atoms with van der Waals surface area (Å²) in [6.45, 7) is 5.13. The van der Waals surface area contributed by atoms with Gasteiger partial charge in [-0.2, -0.15) is 0 Å². The monoisotopic (exact) mass is 246 g/mol. The minimum atomic E-state index is 0.0763. The molecule has 3 nitrogen and oxygen atoms in total. The van der Waals surface area contributed by atoms with E-state index < -0.39 is 0 Å². The van der Waals surface area contributed by atoms with E-state index in [-0.39, 0.29) is 5.41 Å². The maximum atomic E-state index is 5.67. The summed E-state index contributed by atoms with van der Waals surface area (Å²) in [5.74, 6) is 0.988. The van der Waals surface area contributed by atoms with Crippen LogP contribution in [0.3, 0.4) is 0 Å². The van der Waals surface area contributed by atoms with Crippen molar-refractivity contribution in [1.29, 1.82) is 0 Å². The third kappa shape index (κ3) is 1.69. The standard InChI is InChI=1S/C13H14N2OS/c1-13(2)7-16-11-4-3-8(5-9(11)13)10-6-17-12(14)15-10/h3-6H,7H2,1-2H3,(H2,14,15).